The van der Waals surface area contributed by atoms with Crippen LogP contribution in [-0.2, 0) is 14.3 Å². The van der Waals surface area contributed by atoms with Crippen molar-refractivity contribution < 1.29 is 14.3 Å². The van der Waals surface area contributed by atoms with Gasteiger partial charge >= 0.3 is 5.97 Å². The van der Waals surface area contributed by atoms with Gasteiger partial charge in [-0.15, -0.1) is 0 Å². The molecule has 1 fully saturated rings. The van der Waals surface area contributed by atoms with E-state index in [4.69, 9.17) is 9.47 Å². The van der Waals surface area contributed by atoms with Crippen LogP contribution in [0.1, 0.15) is 51.9 Å². The van der Waals surface area contributed by atoms with Crippen molar-refractivity contribution in [3.63, 3.8) is 0 Å². The van der Waals surface area contributed by atoms with Gasteiger partial charge in [0.25, 0.3) is 0 Å². The van der Waals surface area contributed by atoms with Gasteiger partial charge in [0.05, 0.1) is 6.61 Å². The van der Waals surface area contributed by atoms with E-state index in [1.807, 2.05) is 6.92 Å². The Morgan fingerprint density at radius 2 is 2.16 bits per heavy atom. The second-order valence-corrected chi connectivity index (χ2v) is 5.23. The zero-order chi connectivity index (χ0) is 13.8. The summed E-state index contributed by atoms with van der Waals surface area (Å²) in [5.74, 6) is 0.728. The van der Waals surface area contributed by atoms with Crippen molar-refractivity contribution in [1.82, 2.24) is 5.32 Å². The summed E-state index contributed by atoms with van der Waals surface area (Å²) in [6, 6.07) is 0. The van der Waals surface area contributed by atoms with Crippen LogP contribution in [0.4, 0.5) is 0 Å². The van der Waals surface area contributed by atoms with Gasteiger partial charge in [0.15, 0.2) is 0 Å². The molecule has 0 spiro atoms. The number of carbonyl (C=O) groups is 1. The van der Waals surface area contributed by atoms with E-state index < -0.39 is 0 Å². The van der Waals surface area contributed by atoms with Gasteiger partial charge in [0.1, 0.15) is 0 Å². The summed E-state index contributed by atoms with van der Waals surface area (Å²) < 4.78 is 10.5. The van der Waals surface area contributed by atoms with Crippen LogP contribution in [0.3, 0.4) is 0 Å². The lowest BCUT2D eigenvalue weighted by Gasteiger charge is -2.22. The zero-order valence-electron chi connectivity index (χ0n) is 12.3. The fourth-order valence-corrected chi connectivity index (χ4v) is 2.41. The Balaban J connectivity index is 1.79. The molecule has 0 aromatic rings. The standard InChI is InChI=1S/C15H29NO3/c1-2-19-15(17)8-4-3-5-11-18-12-9-14-7-6-10-16-13-14/h14,16H,2-13H2,1H3. The number of ether oxygens (including phenoxy) is 2. The summed E-state index contributed by atoms with van der Waals surface area (Å²) in [5, 5.41) is 3.43. The minimum absolute atomic E-state index is 0.0757. The Kier molecular flexibility index (Phi) is 9.72. The van der Waals surface area contributed by atoms with Gasteiger partial charge in [-0.3, -0.25) is 4.79 Å². The van der Waals surface area contributed by atoms with E-state index in [9.17, 15) is 4.79 Å². The predicted octanol–water partition coefficient (Wildman–Crippen LogP) is 2.52. The van der Waals surface area contributed by atoms with Gasteiger partial charge in [-0.05, 0) is 58.0 Å². The van der Waals surface area contributed by atoms with Crippen molar-refractivity contribution in [3.05, 3.63) is 0 Å². The van der Waals surface area contributed by atoms with Crippen molar-refractivity contribution >= 4 is 5.97 Å². The number of carbonyl (C=O) groups excluding carboxylic acids is 1. The quantitative estimate of drug-likeness (QED) is 0.490. The van der Waals surface area contributed by atoms with Crippen molar-refractivity contribution in [2.75, 3.05) is 32.9 Å². The van der Waals surface area contributed by atoms with Crippen molar-refractivity contribution in [2.24, 2.45) is 5.92 Å². The van der Waals surface area contributed by atoms with Crippen LogP contribution < -0.4 is 5.32 Å². The molecule has 0 amide bonds. The molecule has 0 saturated carbocycles. The van der Waals surface area contributed by atoms with Crippen LogP contribution in [0.2, 0.25) is 0 Å². The van der Waals surface area contributed by atoms with E-state index in [1.54, 1.807) is 0 Å². The van der Waals surface area contributed by atoms with Gasteiger partial charge < -0.3 is 14.8 Å². The van der Waals surface area contributed by atoms with Gasteiger partial charge in [-0.2, -0.15) is 0 Å². The van der Waals surface area contributed by atoms with E-state index in [0.29, 0.717) is 13.0 Å². The summed E-state index contributed by atoms with van der Waals surface area (Å²) in [5.41, 5.74) is 0. The molecular weight excluding hydrogens is 242 g/mol. The number of esters is 1. The summed E-state index contributed by atoms with van der Waals surface area (Å²) in [7, 11) is 0. The van der Waals surface area contributed by atoms with E-state index in [1.165, 1.54) is 25.8 Å². The summed E-state index contributed by atoms with van der Waals surface area (Å²) in [6.45, 7) is 6.36. The molecule has 1 rings (SSSR count). The van der Waals surface area contributed by atoms with E-state index in [0.717, 1.165) is 44.9 Å². The highest BCUT2D eigenvalue weighted by Gasteiger charge is 2.11. The molecule has 1 N–H and O–H groups in total. The fourth-order valence-electron chi connectivity index (χ4n) is 2.41. The minimum Gasteiger partial charge on any atom is -0.466 e. The maximum atomic E-state index is 11.1. The second kappa shape index (κ2) is 11.2. The molecule has 1 aliphatic heterocycles. The number of piperidine rings is 1. The van der Waals surface area contributed by atoms with Crippen LogP contribution in [-0.4, -0.2) is 38.9 Å². The molecule has 0 radical (unpaired) electrons. The smallest absolute Gasteiger partial charge is 0.305 e. The predicted molar refractivity (Wildman–Crippen MR) is 76.1 cm³/mol. The third-order valence-electron chi connectivity index (χ3n) is 3.54. The Labute approximate surface area is 117 Å². The van der Waals surface area contributed by atoms with Crippen LogP contribution in [0.25, 0.3) is 0 Å². The fraction of sp³-hybridized carbons (Fsp3) is 0.933. The molecule has 1 unspecified atom stereocenters. The summed E-state index contributed by atoms with van der Waals surface area (Å²) in [4.78, 5) is 11.1. The SMILES string of the molecule is CCOC(=O)CCCCCOCCC1CCCNC1. The van der Waals surface area contributed by atoms with Gasteiger partial charge in [-0.25, -0.2) is 0 Å². The molecular formula is C15H29NO3. The van der Waals surface area contributed by atoms with Gasteiger partial charge in [0, 0.05) is 19.6 Å². The first-order valence-electron chi connectivity index (χ1n) is 7.77. The molecule has 1 atom stereocenters. The number of nitrogens with one attached hydrogen (secondary N) is 1. The van der Waals surface area contributed by atoms with Crippen molar-refractivity contribution in [1.29, 1.82) is 0 Å². The molecule has 4 heteroatoms. The number of hydrogen-bond donors (Lipinski definition) is 1. The lowest BCUT2D eigenvalue weighted by atomic mass is 9.97. The van der Waals surface area contributed by atoms with Crippen molar-refractivity contribution in [3.8, 4) is 0 Å². The first-order chi connectivity index (χ1) is 9.33. The molecule has 1 aliphatic rings. The van der Waals surface area contributed by atoms with Gasteiger partial charge in [0.2, 0.25) is 0 Å². The zero-order valence-corrected chi connectivity index (χ0v) is 12.3. The lowest BCUT2D eigenvalue weighted by molar-refractivity contribution is -0.143. The average Bonchev–Trinajstić information content (AvgIpc) is 2.43. The van der Waals surface area contributed by atoms with E-state index >= 15 is 0 Å². The second-order valence-electron chi connectivity index (χ2n) is 5.23. The average molecular weight is 271 g/mol. The monoisotopic (exact) mass is 271 g/mol. The van der Waals surface area contributed by atoms with Crippen LogP contribution in [0.5, 0.6) is 0 Å². The number of rotatable bonds is 10. The maximum Gasteiger partial charge on any atom is 0.305 e. The molecule has 0 bridgehead atoms. The molecule has 19 heavy (non-hydrogen) atoms. The Morgan fingerprint density at radius 1 is 1.26 bits per heavy atom. The topological polar surface area (TPSA) is 47.6 Å². The molecule has 0 aliphatic carbocycles. The van der Waals surface area contributed by atoms with E-state index in [-0.39, 0.29) is 5.97 Å². The lowest BCUT2D eigenvalue weighted by Crippen LogP contribution is -2.30. The highest BCUT2D eigenvalue weighted by molar-refractivity contribution is 5.69. The highest BCUT2D eigenvalue weighted by atomic mass is 16.5. The molecule has 0 aromatic carbocycles. The first kappa shape index (κ1) is 16.4. The normalized spacial score (nSPS) is 19.3. The minimum atomic E-state index is -0.0757. The summed E-state index contributed by atoms with van der Waals surface area (Å²) >= 11 is 0. The van der Waals surface area contributed by atoms with Crippen LogP contribution >= 0.6 is 0 Å². The van der Waals surface area contributed by atoms with Gasteiger partial charge in [-0.1, -0.05) is 6.42 Å². The maximum absolute atomic E-state index is 11.1. The third-order valence-corrected chi connectivity index (χ3v) is 3.54. The van der Waals surface area contributed by atoms with E-state index in [2.05, 4.69) is 5.32 Å². The Bertz CT molecular complexity index is 227. The highest BCUT2D eigenvalue weighted by Crippen LogP contribution is 2.13. The van der Waals surface area contributed by atoms with Crippen molar-refractivity contribution in [2.45, 2.75) is 51.9 Å². The molecule has 1 saturated heterocycles. The first-order valence-corrected chi connectivity index (χ1v) is 7.77. The molecule has 4 nitrogen and oxygen atoms in total. The third kappa shape index (κ3) is 9.00. The molecule has 112 valence electrons. The Morgan fingerprint density at radius 3 is 2.89 bits per heavy atom. The van der Waals surface area contributed by atoms with Crippen LogP contribution in [0.15, 0.2) is 0 Å². The molecule has 1 heterocycles. The summed E-state index contributed by atoms with van der Waals surface area (Å²) in [6.07, 6.45) is 7.37. The largest absolute Gasteiger partial charge is 0.466 e. The van der Waals surface area contributed by atoms with Crippen LogP contribution in [0, 0.1) is 5.92 Å². The Hall–Kier alpha value is -0.610. The molecule has 0 aromatic heterocycles. The number of hydrogen-bond acceptors (Lipinski definition) is 4. The number of unbranched alkanes of at least 4 members (excludes halogenated alkanes) is 2.